The van der Waals surface area contributed by atoms with Crippen molar-refractivity contribution in [3.8, 4) is 0 Å². The number of hydrogen-bond donors (Lipinski definition) is 4. The first-order valence-electron chi connectivity index (χ1n) is 6.97. The number of rotatable bonds is 10. The van der Waals surface area contributed by atoms with Gasteiger partial charge in [0.25, 0.3) is 0 Å². The van der Waals surface area contributed by atoms with Crippen LogP contribution in [0.1, 0.15) is 46.5 Å². The van der Waals surface area contributed by atoms with E-state index < -0.39 is 18.2 Å². The SMILES string of the molecule is CC(C)(C)[C@H](C[C@@H](O)CCO)OCC[C@@H](O)CC(=O)O. The minimum Gasteiger partial charge on any atom is -0.481 e. The molecule has 0 rings (SSSR count). The first-order valence-corrected chi connectivity index (χ1v) is 6.97. The quantitative estimate of drug-likeness (QED) is 0.474. The molecule has 6 nitrogen and oxygen atoms in total. The maximum absolute atomic E-state index is 10.4. The van der Waals surface area contributed by atoms with E-state index in [1.165, 1.54) is 0 Å². The Morgan fingerprint density at radius 3 is 2.20 bits per heavy atom. The van der Waals surface area contributed by atoms with Crippen LogP contribution >= 0.6 is 0 Å². The second-order valence-corrected chi connectivity index (χ2v) is 6.17. The van der Waals surface area contributed by atoms with E-state index >= 15 is 0 Å². The molecule has 0 fully saturated rings. The van der Waals surface area contributed by atoms with Crippen molar-refractivity contribution in [3.05, 3.63) is 0 Å². The van der Waals surface area contributed by atoms with Gasteiger partial charge in [-0.15, -0.1) is 0 Å². The van der Waals surface area contributed by atoms with Crippen molar-refractivity contribution in [2.45, 2.75) is 64.8 Å². The molecule has 0 unspecified atom stereocenters. The number of carboxylic acid groups (broad SMARTS) is 1. The van der Waals surface area contributed by atoms with E-state index in [1.807, 2.05) is 20.8 Å². The van der Waals surface area contributed by atoms with Crippen LogP contribution in [0.15, 0.2) is 0 Å². The Morgan fingerprint density at radius 1 is 1.15 bits per heavy atom. The molecule has 0 aromatic rings. The molecule has 0 radical (unpaired) electrons. The summed E-state index contributed by atoms with van der Waals surface area (Å²) in [5.41, 5.74) is -0.186. The molecule has 0 aliphatic rings. The van der Waals surface area contributed by atoms with Crippen molar-refractivity contribution >= 4 is 5.97 Å². The van der Waals surface area contributed by atoms with Crippen LogP contribution in [0.4, 0.5) is 0 Å². The first kappa shape index (κ1) is 19.3. The average Bonchev–Trinajstić information content (AvgIpc) is 2.25. The molecule has 0 spiro atoms. The average molecular weight is 292 g/mol. The maximum Gasteiger partial charge on any atom is 0.305 e. The second-order valence-electron chi connectivity index (χ2n) is 6.17. The Labute approximate surface area is 120 Å². The highest BCUT2D eigenvalue weighted by Crippen LogP contribution is 2.27. The van der Waals surface area contributed by atoms with Crippen LogP contribution < -0.4 is 0 Å². The normalized spacial score (nSPS) is 16.7. The van der Waals surface area contributed by atoms with Crippen molar-refractivity contribution in [2.24, 2.45) is 5.41 Å². The fraction of sp³-hybridized carbons (Fsp3) is 0.929. The number of carbonyl (C=O) groups is 1. The molecule has 0 saturated carbocycles. The van der Waals surface area contributed by atoms with Crippen LogP contribution in [-0.4, -0.2) is 57.9 Å². The van der Waals surface area contributed by atoms with Gasteiger partial charge in [-0.1, -0.05) is 20.8 Å². The van der Waals surface area contributed by atoms with E-state index in [1.54, 1.807) is 0 Å². The Morgan fingerprint density at radius 2 is 1.75 bits per heavy atom. The van der Waals surface area contributed by atoms with Crippen LogP contribution in [0.5, 0.6) is 0 Å². The second kappa shape index (κ2) is 9.28. The molecule has 120 valence electrons. The summed E-state index contributed by atoms with van der Waals surface area (Å²) in [6.07, 6.45) is -1.12. The van der Waals surface area contributed by atoms with E-state index in [4.69, 9.17) is 14.9 Å². The van der Waals surface area contributed by atoms with Crippen LogP contribution in [0.3, 0.4) is 0 Å². The molecule has 0 aliphatic heterocycles. The fourth-order valence-electron chi connectivity index (χ4n) is 1.84. The Balaban J connectivity index is 4.21. The summed E-state index contributed by atoms with van der Waals surface area (Å²) in [5, 5.41) is 36.5. The standard InChI is InChI=1S/C14H28O6/c1-14(2,3)12(8-10(16)4-6-15)20-7-5-11(17)9-13(18)19/h10-12,15-17H,4-9H2,1-3H3,(H,18,19)/t10-,11+,12-/m0/s1. The number of ether oxygens (including phenoxy) is 1. The van der Waals surface area contributed by atoms with Gasteiger partial charge in [-0.3, -0.25) is 4.79 Å². The molecule has 0 aliphatic carbocycles. The lowest BCUT2D eigenvalue weighted by Crippen LogP contribution is -2.34. The van der Waals surface area contributed by atoms with Crippen molar-refractivity contribution in [2.75, 3.05) is 13.2 Å². The van der Waals surface area contributed by atoms with Crippen LogP contribution in [0.2, 0.25) is 0 Å². The Kier molecular flexibility index (Phi) is 8.96. The van der Waals surface area contributed by atoms with Gasteiger partial charge < -0.3 is 25.2 Å². The number of aliphatic hydroxyl groups excluding tert-OH is 3. The van der Waals surface area contributed by atoms with Crippen molar-refractivity contribution in [1.29, 1.82) is 0 Å². The minimum atomic E-state index is -1.04. The molecular formula is C14H28O6. The topological polar surface area (TPSA) is 107 Å². The number of aliphatic hydroxyl groups is 3. The van der Waals surface area contributed by atoms with E-state index in [0.29, 0.717) is 12.8 Å². The third kappa shape index (κ3) is 9.25. The number of aliphatic carboxylic acids is 1. The zero-order chi connectivity index (χ0) is 15.8. The van der Waals surface area contributed by atoms with Crippen LogP contribution in [-0.2, 0) is 9.53 Å². The molecule has 0 amide bonds. The van der Waals surface area contributed by atoms with Gasteiger partial charge in [0, 0.05) is 19.6 Å². The molecule has 0 bridgehead atoms. The fourth-order valence-corrected chi connectivity index (χ4v) is 1.84. The highest BCUT2D eigenvalue weighted by molar-refractivity contribution is 5.67. The maximum atomic E-state index is 10.4. The smallest absolute Gasteiger partial charge is 0.305 e. The van der Waals surface area contributed by atoms with E-state index in [2.05, 4.69) is 0 Å². The summed E-state index contributed by atoms with van der Waals surface area (Å²) >= 11 is 0. The van der Waals surface area contributed by atoms with Gasteiger partial charge >= 0.3 is 5.97 Å². The molecular weight excluding hydrogens is 264 g/mol. The lowest BCUT2D eigenvalue weighted by molar-refractivity contribution is -0.139. The molecule has 0 aromatic heterocycles. The summed E-state index contributed by atoms with van der Waals surface area (Å²) in [7, 11) is 0. The third-order valence-corrected chi connectivity index (χ3v) is 3.09. The molecule has 0 aromatic carbocycles. The monoisotopic (exact) mass is 292 g/mol. The highest BCUT2D eigenvalue weighted by atomic mass is 16.5. The molecule has 0 saturated heterocycles. The molecule has 6 heteroatoms. The molecule has 0 heterocycles. The molecule has 3 atom stereocenters. The van der Waals surface area contributed by atoms with E-state index in [0.717, 1.165) is 0 Å². The van der Waals surface area contributed by atoms with E-state index in [-0.39, 0.29) is 37.6 Å². The Hall–Kier alpha value is -0.690. The van der Waals surface area contributed by atoms with Crippen LogP contribution in [0.25, 0.3) is 0 Å². The third-order valence-electron chi connectivity index (χ3n) is 3.09. The molecule has 4 N–H and O–H groups in total. The first-order chi connectivity index (χ1) is 9.16. The van der Waals surface area contributed by atoms with Gasteiger partial charge in [-0.2, -0.15) is 0 Å². The lowest BCUT2D eigenvalue weighted by atomic mass is 9.85. The summed E-state index contributed by atoms with van der Waals surface area (Å²) in [6.45, 7) is 6.11. The zero-order valence-corrected chi connectivity index (χ0v) is 12.6. The van der Waals surface area contributed by atoms with Gasteiger partial charge in [-0.05, 0) is 18.3 Å². The van der Waals surface area contributed by atoms with Gasteiger partial charge in [0.15, 0.2) is 0 Å². The van der Waals surface area contributed by atoms with E-state index in [9.17, 15) is 15.0 Å². The summed E-state index contributed by atoms with van der Waals surface area (Å²) in [5.74, 6) is -1.04. The number of carboxylic acids is 1. The lowest BCUT2D eigenvalue weighted by Gasteiger charge is -2.32. The predicted molar refractivity (Wildman–Crippen MR) is 74.4 cm³/mol. The van der Waals surface area contributed by atoms with Crippen molar-refractivity contribution < 1.29 is 30.0 Å². The van der Waals surface area contributed by atoms with Crippen molar-refractivity contribution in [1.82, 2.24) is 0 Å². The summed E-state index contributed by atoms with van der Waals surface area (Å²) < 4.78 is 5.68. The Bertz CT molecular complexity index is 273. The van der Waals surface area contributed by atoms with Gasteiger partial charge in [0.05, 0.1) is 24.7 Å². The largest absolute Gasteiger partial charge is 0.481 e. The van der Waals surface area contributed by atoms with Gasteiger partial charge in [0.2, 0.25) is 0 Å². The zero-order valence-electron chi connectivity index (χ0n) is 12.6. The van der Waals surface area contributed by atoms with Gasteiger partial charge in [-0.25, -0.2) is 0 Å². The summed E-state index contributed by atoms with van der Waals surface area (Å²) in [6, 6.07) is 0. The van der Waals surface area contributed by atoms with Gasteiger partial charge in [0.1, 0.15) is 0 Å². The summed E-state index contributed by atoms with van der Waals surface area (Å²) in [4.78, 5) is 10.4. The van der Waals surface area contributed by atoms with Crippen molar-refractivity contribution in [3.63, 3.8) is 0 Å². The number of hydrogen-bond acceptors (Lipinski definition) is 5. The minimum absolute atomic E-state index is 0.0741. The predicted octanol–water partition coefficient (Wildman–Crippen LogP) is 0.777. The van der Waals surface area contributed by atoms with Crippen LogP contribution in [0, 0.1) is 5.41 Å². The molecule has 20 heavy (non-hydrogen) atoms. The highest BCUT2D eigenvalue weighted by Gasteiger charge is 2.27.